The van der Waals surface area contributed by atoms with Crippen molar-refractivity contribution in [2.45, 2.75) is 71.6 Å². The molecule has 0 saturated carbocycles. The Morgan fingerprint density at radius 1 is 1.00 bits per heavy atom. The van der Waals surface area contributed by atoms with Gasteiger partial charge in [0.1, 0.15) is 0 Å². The molecule has 0 N–H and O–H groups in total. The van der Waals surface area contributed by atoms with Gasteiger partial charge in [0.05, 0.1) is 0 Å². The molecule has 0 unspecified atom stereocenters. The third-order valence-corrected chi connectivity index (χ3v) is 3.26. The summed E-state index contributed by atoms with van der Waals surface area (Å²) >= 11 is 0. The van der Waals surface area contributed by atoms with Crippen molar-refractivity contribution in [1.82, 2.24) is 4.98 Å². The van der Waals surface area contributed by atoms with Crippen molar-refractivity contribution in [2.24, 2.45) is 0 Å². The van der Waals surface area contributed by atoms with E-state index in [-0.39, 0.29) is 0 Å². The molecule has 0 fully saturated rings. The molecular formula is C16H27N. The lowest BCUT2D eigenvalue weighted by Gasteiger charge is -2.06. The van der Waals surface area contributed by atoms with Gasteiger partial charge < -0.3 is 0 Å². The van der Waals surface area contributed by atoms with E-state index < -0.39 is 0 Å². The molecule has 0 aliphatic rings. The maximum atomic E-state index is 4.51. The smallest absolute Gasteiger partial charge is 0.0429 e. The molecule has 0 saturated heterocycles. The van der Waals surface area contributed by atoms with Crippen LogP contribution in [-0.4, -0.2) is 4.98 Å². The number of nitrogens with zero attached hydrogens (tertiary/aromatic N) is 1. The summed E-state index contributed by atoms with van der Waals surface area (Å²) in [7, 11) is 0. The minimum atomic E-state index is 0.540. The molecule has 1 aromatic rings. The molecule has 0 radical (unpaired) electrons. The van der Waals surface area contributed by atoms with E-state index in [2.05, 4.69) is 44.1 Å². The monoisotopic (exact) mass is 233 g/mol. The zero-order chi connectivity index (χ0) is 12.5. The molecule has 1 rings (SSSR count). The third kappa shape index (κ3) is 5.86. The van der Waals surface area contributed by atoms with Crippen LogP contribution < -0.4 is 0 Å². The van der Waals surface area contributed by atoms with Crippen molar-refractivity contribution in [3.05, 3.63) is 29.6 Å². The lowest BCUT2D eigenvalue weighted by atomic mass is 10.0. The molecule has 0 amide bonds. The van der Waals surface area contributed by atoms with Crippen LogP contribution in [0.3, 0.4) is 0 Å². The number of hydrogen-bond donors (Lipinski definition) is 0. The first kappa shape index (κ1) is 14.2. The average molecular weight is 233 g/mol. The summed E-state index contributed by atoms with van der Waals surface area (Å²) in [6, 6.07) is 4.42. The van der Waals surface area contributed by atoms with Crippen molar-refractivity contribution in [3.63, 3.8) is 0 Å². The normalized spacial score (nSPS) is 11.1. The molecule has 96 valence electrons. The van der Waals surface area contributed by atoms with Crippen LogP contribution in [0, 0.1) is 0 Å². The van der Waals surface area contributed by atoms with E-state index >= 15 is 0 Å². The summed E-state index contributed by atoms with van der Waals surface area (Å²) in [4.78, 5) is 4.51. The Morgan fingerprint density at radius 3 is 2.29 bits per heavy atom. The minimum Gasteiger partial charge on any atom is -0.261 e. The topological polar surface area (TPSA) is 12.9 Å². The second-order valence-electron chi connectivity index (χ2n) is 5.26. The second-order valence-corrected chi connectivity index (χ2v) is 5.26. The maximum Gasteiger partial charge on any atom is 0.0429 e. The summed E-state index contributed by atoms with van der Waals surface area (Å²) in [5.41, 5.74) is 2.60. The van der Waals surface area contributed by atoms with E-state index in [0.717, 1.165) is 0 Å². The molecule has 0 bridgehead atoms. The Hall–Kier alpha value is -0.850. The van der Waals surface area contributed by atoms with Gasteiger partial charge in [-0.25, -0.2) is 0 Å². The highest BCUT2D eigenvalue weighted by Crippen LogP contribution is 2.13. The molecule has 17 heavy (non-hydrogen) atoms. The van der Waals surface area contributed by atoms with Gasteiger partial charge in [-0.1, -0.05) is 58.9 Å². The largest absolute Gasteiger partial charge is 0.261 e. The van der Waals surface area contributed by atoms with Crippen LogP contribution in [0.5, 0.6) is 0 Å². The minimum absolute atomic E-state index is 0.540. The van der Waals surface area contributed by atoms with Crippen LogP contribution in [0.25, 0.3) is 0 Å². The number of aryl methyl sites for hydroxylation is 1. The third-order valence-electron chi connectivity index (χ3n) is 3.26. The summed E-state index contributed by atoms with van der Waals surface area (Å²) < 4.78 is 0. The van der Waals surface area contributed by atoms with Gasteiger partial charge in [0.25, 0.3) is 0 Å². The predicted octanol–water partition coefficient (Wildman–Crippen LogP) is 5.11. The standard InChI is InChI=1S/C16H27N/c1-4-5-6-7-8-9-10-15-11-12-16(14(2)3)17-13-15/h11-14H,4-10H2,1-3H3. The van der Waals surface area contributed by atoms with E-state index in [9.17, 15) is 0 Å². The fourth-order valence-electron chi connectivity index (χ4n) is 2.03. The first-order chi connectivity index (χ1) is 8.24. The Bertz CT molecular complexity index is 287. The Morgan fingerprint density at radius 2 is 1.71 bits per heavy atom. The summed E-state index contributed by atoms with van der Waals surface area (Å²) in [6.45, 7) is 6.65. The van der Waals surface area contributed by atoms with Gasteiger partial charge in [-0.05, 0) is 30.4 Å². The van der Waals surface area contributed by atoms with Gasteiger partial charge in [0.2, 0.25) is 0 Å². The van der Waals surface area contributed by atoms with Crippen LogP contribution in [-0.2, 0) is 6.42 Å². The van der Waals surface area contributed by atoms with Crippen molar-refractivity contribution in [2.75, 3.05) is 0 Å². The fraction of sp³-hybridized carbons (Fsp3) is 0.688. The molecule has 1 aromatic heterocycles. The van der Waals surface area contributed by atoms with Gasteiger partial charge in [-0.3, -0.25) is 4.98 Å². The lowest BCUT2D eigenvalue weighted by molar-refractivity contribution is 0.607. The number of aromatic nitrogens is 1. The molecule has 0 atom stereocenters. The van der Waals surface area contributed by atoms with Crippen molar-refractivity contribution in [3.8, 4) is 0 Å². The molecule has 0 aromatic carbocycles. The highest BCUT2D eigenvalue weighted by molar-refractivity contribution is 5.16. The van der Waals surface area contributed by atoms with E-state index in [4.69, 9.17) is 0 Å². The molecule has 1 heterocycles. The van der Waals surface area contributed by atoms with E-state index in [0.29, 0.717) is 5.92 Å². The summed E-state index contributed by atoms with van der Waals surface area (Å²) in [5, 5.41) is 0. The Kier molecular flexibility index (Phi) is 6.91. The van der Waals surface area contributed by atoms with Gasteiger partial charge >= 0.3 is 0 Å². The number of pyridine rings is 1. The van der Waals surface area contributed by atoms with Crippen LogP contribution in [0.2, 0.25) is 0 Å². The van der Waals surface area contributed by atoms with Crippen LogP contribution in [0.4, 0.5) is 0 Å². The van der Waals surface area contributed by atoms with E-state index in [1.165, 1.54) is 56.2 Å². The van der Waals surface area contributed by atoms with Crippen molar-refractivity contribution >= 4 is 0 Å². The quantitative estimate of drug-likeness (QED) is 0.569. The van der Waals surface area contributed by atoms with Gasteiger partial charge in [-0.15, -0.1) is 0 Å². The van der Waals surface area contributed by atoms with Gasteiger partial charge in [0.15, 0.2) is 0 Å². The second kappa shape index (κ2) is 8.27. The first-order valence-electron chi connectivity index (χ1n) is 7.19. The van der Waals surface area contributed by atoms with Gasteiger partial charge in [0, 0.05) is 11.9 Å². The van der Waals surface area contributed by atoms with Crippen LogP contribution in [0.15, 0.2) is 18.3 Å². The summed E-state index contributed by atoms with van der Waals surface area (Å²) in [5.74, 6) is 0.540. The highest BCUT2D eigenvalue weighted by atomic mass is 14.7. The highest BCUT2D eigenvalue weighted by Gasteiger charge is 2.00. The van der Waals surface area contributed by atoms with Crippen molar-refractivity contribution < 1.29 is 0 Å². The first-order valence-corrected chi connectivity index (χ1v) is 7.19. The lowest BCUT2D eigenvalue weighted by Crippen LogP contribution is -1.94. The number of rotatable bonds is 8. The molecular weight excluding hydrogens is 206 g/mol. The van der Waals surface area contributed by atoms with E-state index in [1.54, 1.807) is 0 Å². The maximum absolute atomic E-state index is 4.51. The molecule has 1 heteroatoms. The van der Waals surface area contributed by atoms with Crippen LogP contribution >= 0.6 is 0 Å². The molecule has 0 aliphatic carbocycles. The van der Waals surface area contributed by atoms with Crippen molar-refractivity contribution in [1.29, 1.82) is 0 Å². The molecule has 0 aliphatic heterocycles. The fourth-order valence-corrected chi connectivity index (χ4v) is 2.03. The zero-order valence-electron chi connectivity index (χ0n) is 11.7. The Balaban J connectivity index is 2.19. The number of hydrogen-bond acceptors (Lipinski definition) is 1. The summed E-state index contributed by atoms with van der Waals surface area (Å²) in [6.07, 6.45) is 11.5. The van der Waals surface area contributed by atoms with Crippen LogP contribution in [0.1, 0.15) is 76.5 Å². The predicted molar refractivity (Wildman–Crippen MR) is 75.4 cm³/mol. The SMILES string of the molecule is CCCCCCCCc1ccc(C(C)C)nc1. The van der Waals surface area contributed by atoms with E-state index in [1.807, 2.05) is 0 Å². The zero-order valence-corrected chi connectivity index (χ0v) is 11.7. The van der Waals surface area contributed by atoms with Gasteiger partial charge in [-0.2, -0.15) is 0 Å². The number of unbranched alkanes of at least 4 members (excludes halogenated alkanes) is 5. The Labute approximate surface area is 107 Å². The average Bonchev–Trinajstić information content (AvgIpc) is 2.34. The molecule has 0 spiro atoms. The molecule has 1 nitrogen and oxygen atoms in total.